The topological polar surface area (TPSA) is 32.0 Å². The van der Waals surface area contributed by atoms with Gasteiger partial charge in [-0.15, -0.1) is 0 Å². The maximum Gasteiger partial charge on any atom is 0.129 e. The van der Waals surface area contributed by atoms with E-state index in [9.17, 15) is 0 Å². The predicted molar refractivity (Wildman–Crippen MR) is 142 cm³/mol. The summed E-state index contributed by atoms with van der Waals surface area (Å²) >= 11 is 0. The summed E-state index contributed by atoms with van der Waals surface area (Å²) in [5.41, 5.74) is 5.35. The van der Waals surface area contributed by atoms with Crippen molar-refractivity contribution in [2.45, 2.75) is 0 Å². The van der Waals surface area contributed by atoms with Gasteiger partial charge in [0.2, 0.25) is 0 Å². The van der Waals surface area contributed by atoms with Gasteiger partial charge in [-0.05, 0) is 48.5 Å². The zero-order chi connectivity index (χ0) is 23.2. The largest absolute Gasteiger partial charge is 0.457 e. The zero-order valence-corrected chi connectivity index (χ0v) is 18.9. The van der Waals surface area contributed by atoms with Crippen LogP contribution in [0.4, 0.5) is 0 Å². The van der Waals surface area contributed by atoms with E-state index in [1.165, 1.54) is 16.3 Å². The number of para-hydroxylation sites is 2. The number of nitrogens with zero attached hydrogens (tertiary/aromatic N) is 3. The number of aromatic nitrogens is 3. The van der Waals surface area contributed by atoms with Gasteiger partial charge >= 0.3 is 0 Å². The highest BCUT2D eigenvalue weighted by Gasteiger charge is 2.13. The Labute approximate surface area is 202 Å². The summed E-state index contributed by atoms with van der Waals surface area (Å²) in [7, 11) is 0. The van der Waals surface area contributed by atoms with Gasteiger partial charge in [-0.3, -0.25) is 0 Å². The summed E-state index contributed by atoms with van der Waals surface area (Å²) in [6.07, 6.45) is 2.04. The zero-order valence-electron chi connectivity index (χ0n) is 18.9. The van der Waals surface area contributed by atoms with E-state index in [0.717, 1.165) is 39.3 Å². The van der Waals surface area contributed by atoms with E-state index in [-0.39, 0.29) is 0 Å². The summed E-state index contributed by atoms with van der Waals surface area (Å²) in [6.45, 7) is 0. The molecule has 7 aromatic rings. The highest BCUT2D eigenvalue weighted by molar-refractivity contribution is 6.09. The Morgan fingerprint density at radius 1 is 0.543 bits per heavy atom. The first-order valence-corrected chi connectivity index (χ1v) is 11.6. The molecule has 0 aliphatic carbocycles. The molecule has 0 aliphatic rings. The standard InChI is InChI=1S/C31H21N3O/c1-2-10-23(11-3-1)34-30-16-7-5-14-27(30)28-18-17-26(20-31(28)34)35-25-13-8-12-24(19-25)33-21-22-9-4-6-15-29(22)32-33/h1-21H. The third-order valence-corrected chi connectivity index (χ3v) is 6.39. The van der Waals surface area contributed by atoms with E-state index in [1.807, 2.05) is 65.5 Å². The van der Waals surface area contributed by atoms with Gasteiger partial charge in [-0.25, -0.2) is 4.68 Å². The molecule has 0 saturated heterocycles. The number of hydrogen-bond donors (Lipinski definition) is 0. The lowest BCUT2D eigenvalue weighted by Gasteiger charge is -2.10. The van der Waals surface area contributed by atoms with Gasteiger partial charge in [0.15, 0.2) is 0 Å². The van der Waals surface area contributed by atoms with Gasteiger partial charge < -0.3 is 9.30 Å². The van der Waals surface area contributed by atoms with E-state index in [0.29, 0.717) is 0 Å². The molecule has 0 aliphatic heterocycles. The van der Waals surface area contributed by atoms with Crippen LogP contribution in [0.3, 0.4) is 0 Å². The molecule has 0 spiro atoms. The van der Waals surface area contributed by atoms with Crippen LogP contribution in [-0.4, -0.2) is 14.3 Å². The van der Waals surface area contributed by atoms with E-state index in [1.54, 1.807) is 0 Å². The minimum absolute atomic E-state index is 0.767. The van der Waals surface area contributed by atoms with Crippen molar-refractivity contribution in [3.63, 3.8) is 0 Å². The molecule has 4 nitrogen and oxygen atoms in total. The van der Waals surface area contributed by atoms with E-state index in [4.69, 9.17) is 9.84 Å². The Balaban J connectivity index is 1.31. The lowest BCUT2D eigenvalue weighted by molar-refractivity contribution is 0.483. The van der Waals surface area contributed by atoms with Crippen molar-refractivity contribution < 1.29 is 4.74 Å². The Morgan fingerprint density at radius 2 is 1.29 bits per heavy atom. The molecule has 0 saturated carbocycles. The van der Waals surface area contributed by atoms with Crippen molar-refractivity contribution in [3.05, 3.63) is 128 Å². The molecule has 0 amide bonds. The predicted octanol–water partition coefficient (Wildman–Crippen LogP) is 7.91. The van der Waals surface area contributed by atoms with Crippen LogP contribution in [0.2, 0.25) is 0 Å². The van der Waals surface area contributed by atoms with E-state index in [2.05, 4.69) is 71.3 Å². The Morgan fingerprint density at radius 3 is 2.20 bits per heavy atom. The number of hydrogen-bond acceptors (Lipinski definition) is 2. The molecule has 0 unspecified atom stereocenters. The lowest BCUT2D eigenvalue weighted by Crippen LogP contribution is -1.95. The van der Waals surface area contributed by atoms with Crippen LogP contribution < -0.4 is 4.74 Å². The number of rotatable bonds is 4. The molecule has 2 aromatic heterocycles. The van der Waals surface area contributed by atoms with Gasteiger partial charge in [0.1, 0.15) is 11.5 Å². The van der Waals surface area contributed by atoms with Crippen molar-refractivity contribution in [3.8, 4) is 22.9 Å². The summed E-state index contributed by atoms with van der Waals surface area (Å²) in [5, 5.41) is 8.24. The molecular formula is C31H21N3O. The number of fused-ring (bicyclic) bond motifs is 4. The number of benzene rings is 5. The summed E-state index contributed by atoms with van der Waals surface area (Å²) in [6, 6.07) is 41.4. The quantitative estimate of drug-likeness (QED) is 0.272. The second-order valence-corrected chi connectivity index (χ2v) is 8.60. The monoisotopic (exact) mass is 451 g/mol. The van der Waals surface area contributed by atoms with Crippen LogP contribution >= 0.6 is 0 Å². The van der Waals surface area contributed by atoms with Crippen LogP contribution in [0.25, 0.3) is 44.1 Å². The van der Waals surface area contributed by atoms with Crippen molar-refractivity contribution in [2.75, 3.05) is 0 Å². The van der Waals surface area contributed by atoms with Gasteiger partial charge in [0.05, 0.1) is 22.2 Å². The third-order valence-electron chi connectivity index (χ3n) is 6.39. The first-order valence-electron chi connectivity index (χ1n) is 11.6. The van der Waals surface area contributed by atoms with Gasteiger partial charge in [0.25, 0.3) is 0 Å². The fraction of sp³-hybridized carbons (Fsp3) is 0. The third kappa shape index (κ3) is 3.35. The average Bonchev–Trinajstić information content (AvgIpc) is 3.49. The van der Waals surface area contributed by atoms with Crippen LogP contribution in [0.15, 0.2) is 128 Å². The second kappa shape index (κ2) is 7.89. The molecule has 4 heteroatoms. The van der Waals surface area contributed by atoms with Crippen molar-refractivity contribution in [1.29, 1.82) is 0 Å². The molecule has 0 radical (unpaired) electrons. The maximum absolute atomic E-state index is 6.36. The number of ether oxygens (including phenoxy) is 1. The maximum atomic E-state index is 6.36. The summed E-state index contributed by atoms with van der Waals surface area (Å²) < 4.78 is 10.5. The molecule has 5 aromatic carbocycles. The Kier molecular flexibility index (Phi) is 4.42. The molecule has 0 atom stereocenters. The molecule has 0 bridgehead atoms. The minimum atomic E-state index is 0.767. The molecule has 166 valence electrons. The van der Waals surface area contributed by atoms with Gasteiger partial charge in [-0.2, -0.15) is 5.10 Å². The molecule has 0 N–H and O–H groups in total. The highest BCUT2D eigenvalue weighted by atomic mass is 16.5. The smallest absolute Gasteiger partial charge is 0.129 e. The molecular weight excluding hydrogens is 430 g/mol. The van der Waals surface area contributed by atoms with Crippen LogP contribution in [-0.2, 0) is 0 Å². The first-order chi connectivity index (χ1) is 17.3. The second-order valence-electron chi connectivity index (χ2n) is 8.60. The average molecular weight is 452 g/mol. The summed E-state index contributed by atoms with van der Waals surface area (Å²) in [4.78, 5) is 0. The SMILES string of the molecule is c1ccc(-n2c3ccccc3c3ccc(Oc4cccc(-n5cc6ccccc6n5)c4)cc32)cc1. The van der Waals surface area contributed by atoms with Crippen molar-refractivity contribution in [2.24, 2.45) is 0 Å². The van der Waals surface area contributed by atoms with Crippen molar-refractivity contribution >= 4 is 32.7 Å². The van der Waals surface area contributed by atoms with Gasteiger partial charge in [-0.1, -0.05) is 60.7 Å². The molecule has 7 rings (SSSR count). The lowest BCUT2D eigenvalue weighted by atomic mass is 10.1. The fourth-order valence-electron chi connectivity index (χ4n) is 4.79. The van der Waals surface area contributed by atoms with Crippen LogP contribution in [0.1, 0.15) is 0 Å². The minimum Gasteiger partial charge on any atom is -0.457 e. The fourth-order valence-corrected chi connectivity index (χ4v) is 4.79. The Hall–Kier alpha value is -4.83. The van der Waals surface area contributed by atoms with Crippen LogP contribution in [0.5, 0.6) is 11.5 Å². The van der Waals surface area contributed by atoms with Gasteiger partial charge in [0, 0.05) is 40.2 Å². The van der Waals surface area contributed by atoms with Crippen molar-refractivity contribution in [1.82, 2.24) is 14.3 Å². The Bertz CT molecular complexity index is 1800. The highest BCUT2D eigenvalue weighted by Crippen LogP contribution is 2.35. The molecule has 35 heavy (non-hydrogen) atoms. The first kappa shape index (κ1) is 19.6. The molecule has 0 fully saturated rings. The molecule has 2 heterocycles. The van der Waals surface area contributed by atoms with E-state index >= 15 is 0 Å². The normalized spacial score (nSPS) is 11.4. The summed E-state index contributed by atoms with van der Waals surface area (Å²) in [5.74, 6) is 1.56. The van der Waals surface area contributed by atoms with E-state index < -0.39 is 0 Å². The van der Waals surface area contributed by atoms with Crippen LogP contribution in [0, 0.1) is 0 Å².